The van der Waals surface area contributed by atoms with E-state index < -0.39 is 0 Å². The van der Waals surface area contributed by atoms with E-state index in [0.29, 0.717) is 5.56 Å². The van der Waals surface area contributed by atoms with E-state index in [9.17, 15) is 4.79 Å². The van der Waals surface area contributed by atoms with Crippen LogP contribution in [0.2, 0.25) is 0 Å². The number of aliphatic imine (C=N–C) groups is 1. The lowest BCUT2D eigenvalue weighted by molar-refractivity contribution is 0.0827. The maximum atomic E-state index is 12.0. The summed E-state index contributed by atoms with van der Waals surface area (Å²) in [6.45, 7) is 1.49. The maximum Gasteiger partial charge on any atom is 0.253 e. The summed E-state index contributed by atoms with van der Waals surface area (Å²) in [5.41, 5.74) is 1.83. The van der Waals surface area contributed by atoms with Crippen LogP contribution in [0.5, 0.6) is 0 Å². The van der Waals surface area contributed by atoms with Crippen molar-refractivity contribution < 1.29 is 9.21 Å². The topological polar surface area (TPSA) is 69.9 Å². The third-order valence-corrected chi connectivity index (χ3v) is 3.75. The molecule has 142 valence electrons. The molecule has 0 fully saturated rings. The van der Waals surface area contributed by atoms with E-state index in [1.165, 1.54) is 0 Å². The van der Waals surface area contributed by atoms with Crippen LogP contribution in [0.4, 0.5) is 0 Å². The van der Waals surface area contributed by atoms with Crippen molar-refractivity contribution in [1.82, 2.24) is 15.5 Å². The molecule has 2 rings (SSSR count). The minimum atomic E-state index is 0. The van der Waals surface area contributed by atoms with Gasteiger partial charge < -0.3 is 20.0 Å². The van der Waals surface area contributed by atoms with Gasteiger partial charge in [-0.2, -0.15) is 0 Å². The molecule has 0 spiro atoms. The average molecular weight is 470 g/mol. The molecule has 26 heavy (non-hydrogen) atoms. The lowest BCUT2D eigenvalue weighted by Gasteiger charge is -2.13. The second-order valence-corrected chi connectivity index (χ2v) is 5.91. The summed E-state index contributed by atoms with van der Waals surface area (Å²) in [6, 6.07) is 11.6. The average Bonchev–Trinajstić information content (AvgIpc) is 3.13. The molecule has 6 nitrogen and oxygen atoms in total. The molecule has 0 bridgehead atoms. The first-order valence-corrected chi connectivity index (χ1v) is 8.37. The largest absolute Gasteiger partial charge is 0.469 e. The van der Waals surface area contributed by atoms with Crippen molar-refractivity contribution in [3.63, 3.8) is 0 Å². The molecule has 7 heteroatoms. The predicted octanol–water partition coefficient (Wildman–Crippen LogP) is 2.55. The van der Waals surface area contributed by atoms with Crippen LogP contribution in [0.3, 0.4) is 0 Å². The van der Waals surface area contributed by atoms with Gasteiger partial charge in [0, 0.05) is 46.2 Å². The summed E-state index contributed by atoms with van der Waals surface area (Å²) in [5.74, 6) is 1.72. The summed E-state index contributed by atoms with van der Waals surface area (Å²) in [5, 5.41) is 6.54. The standard InChI is InChI=1S/C19H26N4O2.HI/c1-20-19(22-12-10-17-8-5-13-25-17)21-11-9-15-6-4-7-16(14-15)18(24)23(2)3;/h4-8,13-14H,9-12H2,1-3H3,(H2,20,21,22);1H. The van der Waals surface area contributed by atoms with E-state index >= 15 is 0 Å². The molecule has 0 aliphatic heterocycles. The van der Waals surface area contributed by atoms with E-state index in [1.54, 1.807) is 32.3 Å². The van der Waals surface area contributed by atoms with Crippen LogP contribution in [0, 0.1) is 0 Å². The van der Waals surface area contributed by atoms with Gasteiger partial charge in [-0.25, -0.2) is 0 Å². The lowest BCUT2D eigenvalue weighted by Crippen LogP contribution is -2.39. The molecule has 0 aliphatic rings. The first-order chi connectivity index (χ1) is 12.1. The summed E-state index contributed by atoms with van der Waals surface area (Å²) < 4.78 is 5.30. The van der Waals surface area contributed by atoms with Crippen LogP contribution in [0.25, 0.3) is 0 Å². The summed E-state index contributed by atoms with van der Waals surface area (Å²) >= 11 is 0. The van der Waals surface area contributed by atoms with Crippen molar-refractivity contribution in [2.24, 2.45) is 4.99 Å². The van der Waals surface area contributed by atoms with Gasteiger partial charge >= 0.3 is 0 Å². The smallest absolute Gasteiger partial charge is 0.253 e. The third-order valence-electron chi connectivity index (χ3n) is 3.75. The quantitative estimate of drug-likeness (QED) is 0.371. The van der Waals surface area contributed by atoms with Crippen LogP contribution >= 0.6 is 24.0 Å². The highest BCUT2D eigenvalue weighted by atomic mass is 127. The Morgan fingerprint density at radius 1 is 1.12 bits per heavy atom. The first-order valence-electron chi connectivity index (χ1n) is 8.37. The molecule has 0 aliphatic carbocycles. The van der Waals surface area contributed by atoms with Crippen LogP contribution in [0.1, 0.15) is 21.7 Å². The van der Waals surface area contributed by atoms with Crippen molar-refractivity contribution in [2.45, 2.75) is 12.8 Å². The Kier molecular flexibility index (Phi) is 9.79. The van der Waals surface area contributed by atoms with Gasteiger partial charge in [-0.3, -0.25) is 9.79 Å². The minimum Gasteiger partial charge on any atom is -0.469 e. The summed E-state index contributed by atoms with van der Waals surface area (Å²) in [6.07, 6.45) is 3.30. The number of carbonyl (C=O) groups excluding carboxylic acids is 1. The lowest BCUT2D eigenvalue weighted by atomic mass is 10.1. The number of nitrogens with one attached hydrogen (secondary N) is 2. The fraction of sp³-hybridized carbons (Fsp3) is 0.368. The molecular weight excluding hydrogens is 443 g/mol. The molecule has 1 aromatic heterocycles. The molecule has 0 unspecified atom stereocenters. The van der Waals surface area contributed by atoms with Crippen molar-refractivity contribution in [3.05, 3.63) is 59.5 Å². The monoisotopic (exact) mass is 470 g/mol. The minimum absolute atomic E-state index is 0. The molecule has 0 radical (unpaired) electrons. The van der Waals surface area contributed by atoms with Crippen LogP contribution in [-0.4, -0.2) is 51.0 Å². The Hall–Kier alpha value is -2.03. The van der Waals surface area contributed by atoms with Gasteiger partial charge in [0.2, 0.25) is 0 Å². The molecule has 0 atom stereocenters. The number of amides is 1. The van der Waals surface area contributed by atoms with Gasteiger partial charge in [-0.1, -0.05) is 12.1 Å². The zero-order chi connectivity index (χ0) is 18.1. The van der Waals surface area contributed by atoms with E-state index in [-0.39, 0.29) is 29.9 Å². The Bertz CT molecular complexity index is 699. The predicted molar refractivity (Wildman–Crippen MR) is 115 cm³/mol. The fourth-order valence-corrected chi connectivity index (χ4v) is 2.42. The Labute approximate surface area is 172 Å². The molecule has 0 saturated heterocycles. The van der Waals surface area contributed by atoms with Crippen molar-refractivity contribution in [1.29, 1.82) is 0 Å². The number of halogens is 1. The number of nitrogens with zero attached hydrogens (tertiary/aromatic N) is 2. The van der Waals surface area contributed by atoms with Gasteiger partial charge in [0.1, 0.15) is 5.76 Å². The van der Waals surface area contributed by atoms with Crippen molar-refractivity contribution in [2.75, 3.05) is 34.2 Å². The van der Waals surface area contributed by atoms with E-state index in [0.717, 1.165) is 43.2 Å². The second-order valence-electron chi connectivity index (χ2n) is 5.91. The van der Waals surface area contributed by atoms with Gasteiger partial charge in [-0.15, -0.1) is 24.0 Å². The van der Waals surface area contributed by atoms with E-state index in [4.69, 9.17) is 4.42 Å². The second kappa shape index (κ2) is 11.6. The molecule has 1 heterocycles. The highest BCUT2D eigenvalue weighted by molar-refractivity contribution is 14.0. The number of hydrogen-bond donors (Lipinski definition) is 2. The third kappa shape index (κ3) is 7.07. The number of carbonyl (C=O) groups is 1. The maximum absolute atomic E-state index is 12.0. The fourth-order valence-electron chi connectivity index (χ4n) is 2.42. The molecule has 1 aromatic carbocycles. The van der Waals surface area contributed by atoms with Gasteiger partial charge in [0.05, 0.1) is 6.26 Å². The van der Waals surface area contributed by atoms with E-state index in [1.807, 2.05) is 36.4 Å². The normalized spacial score (nSPS) is 10.8. The zero-order valence-corrected chi connectivity index (χ0v) is 17.8. The molecule has 2 N–H and O–H groups in total. The molecule has 1 amide bonds. The van der Waals surface area contributed by atoms with Gasteiger partial charge in [0.25, 0.3) is 5.91 Å². The summed E-state index contributed by atoms with van der Waals surface area (Å²) in [4.78, 5) is 17.8. The zero-order valence-electron chi connectivity index (χ0n) is 15.5. The number of rotatable bonds is 7. The van der Waals surface area contributed by atoms with Crippen LogP contribution in [-0.2, 0) is 12.8 Å². The number of guanidine groups is 1. The summed E-state index contributed by atoms with van der Waals surface area (Å²) in [7, 11) is 5.27. The van der Waals surface area contributed by atoms with Crippen molar-refractivity contribution >= 4 is 35.8 Å². The molecular formula is C19H27IN4O2. The highest BCUT2D eigenvalue weighted by Crippen LogP contribution is 2.07. The van der Waals surface area contributed by atoms with Crippen LogP contribution in [0.15, 0.2) is 52.1 Å². The number of benzene rings is 1. The Morgan fingerprint density at radius 2 is 1.85 bits per heavy atom. The Balaban J connectivity index is 0.00000338. The molecule has 2 aromatic rings. The highest BCUT2D eigenvalue weighted by Gasteiger charge is 2.08. The van der Waals surface area contributed by atoms with Gasteiger partial charge in [-0.05, 0) is 36.2 Å². The Morgan fingerprint density at radius 3 is 2.46 bits per heavy atom. The SMILES string of the molecule is CN=C(NCCc1cccc(C(=O)N(C)C)c1)NCCc1ccco1.I. The van der Waals surface area contributed by atoms with E-state index in [2.05, 4.69) is 15.6 Å². The number of hydrogen-bond acceptors (Lipinski definition) is 3. The van der Waals surface area contributed by atoms with Crippen LogP contribution < -0.4 is 10.6 Å². The van der Waals surface area contributed by atoms with Gasteiger partial charge in [0.15, 0.2) is 5.96 Å². The molecule has 0 saturated carbocycles. The number of furan rings is 1. The first kappa shape index (κ1) is 22.0. The van der Waals surface area contributed by atoms with Crippen molar-refractivity contribution in [3.8, 4) is 0 Å².